The third kappa shape index (κ3) is 1.50. The van der Waals surface area contributed by atoms with Gasteiger partial charge in [0.05, 0.1) is 0 Å². The Hall–Kier alpha value is 0.270. The second-order valence-electron chi connectivity index (χ2n) is 3.58. The van der Waals surface area contributed by atoms with Crippen LogP contribution in [0.1, 0.15) is 20.3 Å². The van der Waals surface area contributed by atoms with Gasteiger partial charge in [-0.1, -0.05) is 13.8 Å². The number of hydrogen-bond acceptors (Lipinski definition) is 3. The normalized spacial score (nSPS) is 36.2. The molecule has 12 heavy (non-hydrogen) atoms. The minimum absolute atomic E-state index is 0.277. The lowest BCUT2D eigenvalue weighted by atomic mass is 9.91. The van der Waals surface area contributed by atoms with E-state index in [4.69, 9.17) is 5.73 Å². The number of thioether (sulfide) groups is 1. The van der Waals surface area contributed by atoms with Gasteiger partial charge in [0.2, 0.25) is 0 Å². The molecule has 2 atom stereocenters. The summed E-state index contributed by atoms with van der Waals surface area (Å²) in [7, 11) is 2.19. The van der Waals surface area contributed by atoms with Gasteiger partial charge in [0, 0.05) is 17.3 Å². The molecule has 1 aliphatic heterocycles. The minimum atomic E-state index is 0.277. The van der Waals surface area contributed by atoms with Crippen LogP contribution in [-0.2, 0) is 0 Å². The molecule has 0 radical (unpaired) electrons. The predicted octanol–water partition coefficient (Wildman–Crippen LogP) is 1.16. The van der Waals surface area contributed by atoms with Crippen molar-refractivity contribution < 1.29 is 0 Å². The van der Waals surface area contributed by atoms with Gasteiger partial charge in [0.25, 0.3) is 0 Å². The lowest BCUT2D eigenvalue weighted by Gasteiger charge is -2.40. The zero-order chi connectivity index (χ0) is 9.19. The molecule has 0 aromatic rings. The maximum atomic E-state index is 5.88. The van der Waals surface area contributed by atoms with E-state index in [-0.39, 0.29) is 5.54 Å². The summed E-state index contributed by atoms with van der Waals surface area (Å²) in [4.78, 5) is 2.41. The van der Waals surface area contributed by atoms with Crippen LogP contribution in [0.5, 0.6) is 0 Å². The van der Waals surface area contributed by atoms with E-state index < -0.39 is 0 Å². The molecule has 2 nitrogen and oxygen atoms in total. The first kappa shape index (κ1) is 10.4. The van der Waals surface area contributed by atoms with Crippen molar-refractivity contribution in [2.24, 2.45) is 5.73 Å². The lowest BCUT2D eigenvalue weighted by Crippen LogP contribution is -2.55. The molecule has 1 heterocycles. The standard InChI is InChI=1S/C9H20N2S/c1-4-11(3)9(7-10)5-6-12-8(9)2/h8H,4-7,10H2,1-3H3. The largest absolute Gasteiger partial charge is 0.329 e. The first-order chi connectivity index (χ1) is 5.67. The molecule has 0 aromatic heterocycles. The summed E-state index contributed by atoms with van der Waals surface area (Å²) in [6, 6.07) is 0. The van der Waals surface area contributed by atoms with E-state index in [0.717, 1.165) is 13.1 Å². The Kier molecular flexibility index (Phi) is 3.44. The SMILES string of the molecule is CCN(C)C1(CN)CCSC1C. The number of rotatable bonds is 3. The average molecular weight is 188 g/mol. The maximum absolute atomic E-state index is 5.88. The van der Waals surface area contributed by atoms with Gasteiger partial charge in [-0.3, -0.25) is 4.90 Å². The fourth-order valence-corrected chi connectivity index (χ4v) is 3.54. The Labute approximate surface area is 79.9 Å². The molecular formula is C9H20N2S. The van der Waals surface area contributed by atoms with Crippen LogP contribution in [0.4, 0.5) is 0 Å². The van der Waals surface area contributed by atoms with Gasteiger partial charge in [-0.2, -0.15) is 11.8 Å². The van der Waals surface area contributed by atoms with E-state index in [2.05, 4.69) is 37.6 Å². The van der Waals surface area contributed by atoms with Gasteiger partial charge in [-0.05, 0) is 25.8 Å². The maximum Gasteiger partial charge on any atom is 0.0452 e. The molecule has 1 aliphatic rings. The molecule has 0 aliphatic carbocycles. The smallest absolute Gasteiger partial charge is 0.0452 e. The molecule has 72 valence electrons. The van der Waals surface area contributed by atoms with Crippen molar-refractivity contribution in [3.63, 3.8) is 0 Å². The number of nitrogens with zero attached hydrogens (tertiary/aromatic N) is 1. The van der Waals surface area contributed by atoms with Crippen LogP contribution in [0, 0.1) is 0 Å². The quantitative estimate of drug-likeness (QED) is 0.721. The topological polar surface area (TPSA) is 29.3 Å². The summed E-state index contributed by atoms with van der Waals surface area (Å²) >= 11 is 2.05. The monoisotopic (exact) mass is 188 g/mol. The van der Waals surface area contributed by atoms with Crippen LogP contribution < -0.4 is 5.73 Å². The second-order valence-corrected chi connectivity index (χ2v) is 5.03. The second kappa shape index (κ2) is 3.99. The van der Waals surface area contributed by atoms with Crippen LogP contribution in [-0.4, -0.2) is 41.6 Å². The van der Waals surface area contributed by atoms with Gasteiger partial charge < -0.3 is 5.73 Å². The molecule has 3 heteroatoms. The Balaban J connectivity index is 2.73. The Morgan fingerprint density at radius 1 is 1.67 bits per heavy atom. The van der Waals surface area contributed by atoms with Crippen LogP contribution >= 0.6 is 11.8 Å². The van der Waals surface area contributed by atoms with Crippen molar-refractivity contribution in [1.29, 1.82) is 0 Å². The van der Waals surface area contributed by atoms with E-state index in [1.807, 2.05) is 0 Å². The van der Waals surface area contributed by atoms with Crippen molar-refractivity contribution in [3.8, 4) is 0 Å². The van der Waals surface area contributed by atoms with Gasteiger partial charge >= 0.3 is 0 Å². The number of nitrogens with two attached hydrogens (primary N) is 1. The number of hydrogen-bond donors (Lipinski definition) is 1. The minimum Gasteiger partial charge on any atom is -0.329 e. The van der Waals surface area contributed by atoms with E-state index in [1.165, 1.54) is 12.2 Å². The van der Waals surface area contributed by atoms with Crippen molar-refractivity contribution in [3.05, 3.63) is 0 Å². The highest BCUT2D eigenvalue weighted by Crippen LogP contribution is 2.38. The van der Waals surface area contributed by atoms with Gasteiger partial charge in [0.15, 0.2) is 0 Å². The first-order valence-corrected chi connectivity index (χ1v) is 5.75. The Morgan fingerprint density at radius 3 is 2.67 bits per heavy atom. The fourth-order valence-electron chi connectivity index (χ4n) is 2.01. The third-order valence-electron chi connectivity index (χ3n) is 3.25. The van der Waals surface area contributed by atoms with Crippen LogP contribution in [0.25, 0.3) is 0 Å². The highest BCUT2D eigenvalue weighted by Gasteiger charge is 2.42. The molecule has 0 spiro atoms. The third-order valence-corrected chi connectivity index (χ3v) is 4.63. The molecular weight excluding hydrogens is 168 g/mol. The molecule has 0 saturated carbocycles. The molecule has 2 unspecified atom stereocenters. The zero-order valence-electron chi connectivity index (χ0n) is 8.34. The predicted molar refractivity (Wildman–Crippen MR) is 56.6 cm³/mol. The molecule has 1 saturated heterocycles. The van der Waals surface area contributed by atoms with Crippen molar-refractivity contribution in [2.45, 2.75) is 31.1 Å². The summed E-state index contributed by atoms with van der Waals surface area (Å²) in [5, 5.41) is 0.687. The van der Waals surface area contributed by atoms with Crippen molar-refractivity contribution in [2.75, 3.05) is 25.9 Å². The number of likely N-dealkylation sites (N-methyl/N-ethyl adjacent to an activating group) is 1. The summed E-state index contributed by atoms with van der Waals surface area (Å²) in [5.74, 6) is 1.27. The highest BCUT2D eigenvalue weighted by molar-refractivity contribution is 8.00. The van der Waals surface area contributed by atoms with Crippen LogP contribution in [0.15, 0.2) is 0 Å². The van der Waals surface area contributed by atoms with Gasteiger partial charge in [-0.25, -0.2) is 0 Å². The van der Waals surface area contributed by atoms with Gasteiger partial charge in [-0.15, -0.1) is 0 Å². The summed E-state index contributed by atoms with van der Waals surface area (Å²) < 4.78 is 0. The summed E-state index contributed by atoms with van der Waals surface area (Å²) in [5.41, 5.74) is 6.16. The lowest BCUT2D eigenvalue weighted by molar-refractivity contribution is 0.137. The van der Waals surface area contributed by atoms with E-state index >= 15 is 0 Å². The zero-order valence-corrected chi connectivity index (χ0v) is 9.16. The summed E-state index contributed by atoms with van der Waals surface area (Å²) in [6.45, 7) is 6.40. The van der Waals surface area contributed by atoms with E-state index in [0.29, 0.717) is 5.25 Å². The van der Waals surface area contributed by atoms with Gasteiger partial charge in [0.1, 0.15) is 0 Å². The van der Waals surface area contributed by atoms with Crippen molar-refractivity contribution in [1.82, 2.24) is 4.90 Å². The molecule has 0 amide bonds. The average Bonchev–Trinajstić information content (AvgIpc) is 2.46. The molecule has 1 fully saturated rings. The van der Waals surface area contributed by atoms with E-state index in [1.54, 1.807) is 0 Å². The summed E-state index contributed by atoms with van der Waals surface area (Å²) in [6.07, 6.45) is 1.25. The molecule has 0 aromatic carbocycles. The molecule has 2 N–H and O–H groups in total. The molecule has 1 rings (SSSR count). The molecule has 0 bridgehead atoms. The van der Waals surface area contributed by atoms with E-state index in [9.17, 15) is 0 Å². The Bertz CT molecular complexity index is 151. The fraction of sp³-hybridized carbons (Fsp3) is 1.00. The Morgan fingerprint density at radius 2 is 2.33 bits per heavy atom. The van der Waals surface area contributed by atoms with Crippen LogP contribution in [0.2, 0.25) is 0 Å². The first-order valence-electron chi connectivity index (χ1n) is 4.70. The highest BCUT2D eigenvalue weighted by atomic mass is 32.2. The van der Waals surface area contributed by atoms with Crippen molar-refractivity contribution >= 4 is 11.8 Å². The van der Waals surface area contributed by atoms with Crippen LogP contribution in [0.3, 0.4) is 0 Å².